The van der Waals surface area contributed by atoms with Crippen molar-refractivity contribution >= 4 is 23.9 Å². The maximum Gasteiger partial charge on any atom is 0.363 e. The molecule has 0 saturated carbocycles. The van der Waals surface area contributed by atoms with E-state index < -0.39 is 11.9 Å². The maximum atomic E-state index is 12.2. The molecule has 1 aliphatic rings. The first-order valence-corrected chi connectivity index (χ1v) is 8.33. The molecule has 3 rings (SSSR count). The first-order valence-electron chi connectivity index (χ1n) is 8.33. The number of methoxy groups -OCH3 is 1. The van der Waals surface area contributed by atoms with Crippen molar-refractivity contribution in [2.45, 2.75) is 20.8 Å². The van der Waals surface area contributed by atoms with Crippen LogP contribution < -0.4 is 9.47 Å². The summed E-state index contributed by atoms with van der Waals surface area (Å²) in [5.41, 5.74) is 3.73. The van der Waals surface area contributed by atoms with E-state index >= 15 is 0 Å². The van der Waals surface area contributed by atoms with Crippen LogP contribution in [0.15, 0.2) is 47.1 Å². The van der Waals surface area contributed by atoms with Crippen LogP contribution in [0.1, 0.15) is 29.2 Å². The molecule has 2 aromatic rings. The average Bonchev–Trinajstić information content (AvgIpc) is 2.95. The number of rotatable bonds is 4. The summed E-state index contributed by atoms with van der Waals surface area (Å²) < 4.78 is 15.6. The van der Waals surface area contributed by atoms with E-state index in [0.29, 0.717) is 17.1 Å². The van der Waals surface area contributed by atoms with Crippen LogP contribution in [0.4, 0.5) is 0 Å². The number of hydrogen-bond acceptors (Lipinski definition) is 6. The Balaban J connectivity index is 1.93. The van der Waals surface area contributed by atoms with Crippen molar-refractivity contribution in [3.8, 4) is 11.5 Å². The van der Waals surface area contributed by atoms with E-state index in [9.17, 15) is 9.59 Å². The van der Waals surface area contributed by atoms with Gasteiger partial charge in [0.25, 0.3) is 0 Å². The number of ether oxygens (including phenoxy) is 3. The molecule has 0 atom stereocenters. The smallest absolute Gasteiger partial charge is 0.363 e. The molecule has 0 aromatic heterocycles. The van der Waals surface area contributed by atoms with Crippen LogP contribution in [0.25, 0.3) is 6.08 Å². The fourth-order valence-corrected chi connectivity index (χ4v) is 2.80. The summed E-state index contributed by atoms with van der Waals surface area (Å²) in [5, 5.41) is 0. The number of cyclic esters (lactones) is 1. The second-order valence-corrected chi connectivity index (χ2v) is 6.22. The molecule has 27 heavy (non-hydrogen) atoms. The number of aliphatic imine (C=N–C) groups is 1. The molecule has 0 N–H and O–H groups in total. The third kappa shape index (κ3) is 4.23. The monoisotopic (exact) mass is 365 g/mol. The summed E-state index contributed by atoms with van der Waals surface area (Å²) in [4.78, 5) is 27.7. The third-order valence-electron chi connectivity index (χ3n) is 3.83. The number of benzene rings is 2. The summed E-state index contributed by atoms with van der Waals surface area (Å²) in [6.45, 7) is 5.26. The minimum atomic E-state index is -0.521. The van der Waals surface area contributed by atoms with Crippen molar-refractivity contribution in [2.24, 2.45) is 4.99 Å². The number of nitrogens with zero attached hydrogens (tertiary/aromatic N) is 1. The van der Waals surface area contributed by atoms with Gasteiger partial charge in [0, 0.05) is 12.5 Å². The van der Waals surface area contributed by atoms with Gasteiger partial charge in [0.1, 0.15) is 0 Å². The zero-order valence-electron chi connectivity index (χ0n) is 15.5. The molecular weight excluding hydrogens is 346 g/mol. The molecule has 0 saturated heterocycles. The van der Waals surface area contributed by atoms with Crippen LogP contribution in [-0.4, -0.2) is 24.9 Å². The van der Waals surface area contributed by atoms with E-state index in [1.54, 1.807) is 24.3 Å². The highest BCUT2D eigenvalue weighted by atomic mass is 16.6. The molecule has 0 amide bonds. The molecule has 0 bridgehead atoms. The first-order chi connectivity index (χ1) is 12.9. The van der Waals surface area contributed by atoms with Crippen LogP contribution in [0.2, 0.25) is 0 Å². The number of hydrogen-bond donors (Lipinski definition) is 0. The summed E-state index contributed by atoms with van der Waals surface area (Å²) in [5.74, 6) is 0.000188. The molecule has 6 heteroatoms. The van der Waals surface area contributed by atoms with Crippen molar-refractivity contribution in [3.63, 3.8) is 0 Å². The highest BCUT2D eigenvalue weighted by Gasteiger charge is 2.24. The van der Waals surface area contributed by atoms with Crippen molar-refractivity contribution in [3.05, 3.63) is 64.3 Å². The summed E-state index contributed by atoms with van der Waals surface area (Å²) in [7, 11) is 1.47. The van der Waals surface area contributed by atoms with Crippen molar-refractivity contribution in [1.29, 1.82) is 0 Å². The van der Waals surface area contributed by atoms with Crippen LogP contribution in [0.5, 0.6) is 11.5 Å². The van der Waals surface area contributed by atoms with Crippen LogP contribution in [0, 0.1) is 13.8 Å². The first kappa shape index (κ1) is 18.4. The third-order valence-corrected chi connectivity index (χ3v) is 3.83. The Morgan fingerprint density at radius 3 is 2.41 bits per heavy atom. The Morgan fingerprint density at radius 1 is 1.07 bits per heavy atom. The lowest BCUT2D eigenvalue weighted by Crippen LogP contribution is -2.06. The lowest BCUT2D eigenvalue weighted by atomic mass is 10.1. The predicted molar refractivity (Wildman–Crippen MR) is 101 cm³/mol. The zero-order valence-corrected chi connectivity index (χ0v) is 15.5. The number of carbonyl (C=O) groups excluding carboxylic acids is 2. The number of carbonyl (C=O) groups is 2. The van der Waals surface area contributed by atoms with Gasteiger partial charge in [-0.1, -0.05) is 23.3 Å². The van der Waals surface area contributed by atoms with E-state index in [4.69, 9.17) is 14.2 Å². The zero-order chi connectivity index (χ0) is 19.6. The molecule has 0 spiro atoms. The Bertz CT molecular complexity index is 968. The SMILES string of the molecule is COc1cc(/C=C2\N=C(c3cc(C)cc(C)c3)OC2=O)ccc1OC(C)=O. The normalized spacial score (nSPS) is 14.7. The van der Waals surface area contributed by atoms with Gasteiger partial charge >= 0.3 is 11.9 Å². The molecule has 1 heterocycles. The number of esters is 2. The molecular formula is C21H19NO5. The fraction of sp³-hybridized carbons (Fsp3) is 0.190. The van der Waals surface area contributed by atoms with Gasteiger partial charge < -0.3 is 14.2 Å². The van der Waals surface area contributed by atoms with Gasteiger partial charge in [-0.05, 0) is 49.8 Å². The fourth-order valence-electron chi connectivity index (χ4n) is 2.80. The molecule has 0 fully saturated rings. The van der Waals surface area contributed by atoms with E-state index in [1.165, 1.54) is 14.0 Å². The van der Waals surface area contributed by atoms with Crippen LogP contribution in [0.3, 0.4) is 0 Å². The van der Waals surface area contributed by atoms with Gasteiger partial charge in [-0.15, -0.1) is 0 Å². The quantitative estimate of drug-likeness (QED) is 0.470. The van der Waals surface area contributed by atoms with Crippen molar-refractivity contribution in [2.75, 3.05) is 7.11 Å². The molecule has 0 radical (unpaired) electrons. The Morgan fingerprint density at radius 2 is 1.78 bits per heavy atom. The maximum absolute atomic E-state index is 12.2. The second kappa shape index (κ2) is 7.45. The Labute approximate surface area is 157 Å². The largest absolute Gasteiger partial charge is 0.493 e. The molecule has 0 aliphatic carbocycles. The molecule has 138 valence electrons. The van der Waals surface area contributed by atoms with E-state index in [2.05, 4.69) is 4.99 Å². The second-order valence-electron chi connectivity index (χ2n) is 6.22. The van der Waals surface area contributed by atoms with E-state index in [1.807, 2.05) is 32.0 Å². The van der Waals surface area contributed by atoms with E-state index in [-0.39, 0.29) is 11.6 Å². The molecule has 2 aromatic carbocycles. The van der Waals surface area contributed by atoms with Gasteiger partial charge in [-0.25, -0.2) is 9.79 Å². The highest BCUT2D eigenvalue weighted by Crippen LogP contribution is 2.30. The van der Waals surface area contributed by atoms with Gasteiger partial charge in [-0.2, -0.15) is 0 Å². The molecule has 6 nitrogen and oxygen atoms in total. The van der Waals surface area contributed by atoms with Crippen molar-refractivity contribution < 1.29 is 23.8 Å². The van der Waals surface area contributed by atoms with Gasteiger partial charge in [0.05, 0.1) is 7.11 Å². The van der Waals surface area contributed by atoms with Crippen LogP contribution in [-0.2, 0) is 14.3 Å². The Kier molecular flexibility index (Phi) is 5.07. The van der Waals surface area contributed by atoms with Gasteiger partial charge in [0.15, 0.2) is 17.2 Å². The summed E-state index contributed by atoms with van der Waals surface area (Å²) >= 11 is 0. The molecule has 1 aliphatic heterocycles. The Hall–Kier alpha value is -3.41. The highest BCUT2D eigenvalue weighted by molar-refractivity contribution is 6.13. The van der Waals surface area contributed by atoms with Crippen molar-refractivity contribution in [1.82, 2.24) is 0 Å². The number of aryl methyl sites for hydroxylation is 2. The minimum Gasteiger partial charge on any atom is -0.493 e. The summed E-state index contributed by atoms with van der Waals surface area (Å²) in [6.07, 6.45) is 1.60. The molecule has 0 unspecified atom stereocenters. The summed E-state index contributed by atoms with van der Waals surface area (Å²) in [6, 6.07) is 10.8. The van der Waals surface area contributed by atoms with Gasteiger partial charge in [0.2, 0.25) is 5.90 Å². The minimum absolute atomic E-state index is 0.187. The average molecular weight is 365 g/mol. The lowest BCUT2D eigenvalue weighted by molar-refractivity contribution is -0.132. The van der Waals surface area contributed by atoms with Crippen LogP contribution >= 0.6 is 0 Å². The van der Waals surface area contributed by atoms with E-state index in [0.717, 1.165) is 16.7 Å². The standard InChI is InChI=1S/C21H19NO5/c1-12-7-13(2)9-16(8-12)20-22-17(21(24)27-20)10-15-5-6-18(26-14(3)23)19(11-15)25-4/h5-11H,1-4H3/b17-10-. The topological polar surface area (TPSA) is 74.2 Å². The predicted octanol–water partition coefficient (Wildman–Crippen LogP) is 3.58. The lowest BCUT2D eigenvalue weighted by Gasteiger charge is -2.08. The van der Waals surface area contributed by atoms with Gasteiger partial charge in [-0.3, -0.25) is 4.79 Å².